The third kappa shape index (κ3) is 2.32. The molecule has 2 aromatic heterocycles. The number of hydrogen-bond donors (Lipinski definition) is 1. The number of fused-ring (bicyclic) bond motifs is 1. The first-order chi connectivity index (χ1) is 10.1. The molecule has 0 fully saturated rings. The van der Waals surface area contributed by atoms with Gasteiger partial charge in [-0.1, -0.05) is 0 Å². The summed E-state index contributed by atoms with van der Waals surface area (Å²) in [5, 5.41) is 10.9. The molecule has 0 aliphatic carbocycles. The number of nitrogens with one attached hydrogen (secondary N) is 1. The molecule has 1 amide bonds. The standard InChI is InChI=1S/C13H17N7O/c1-8-9(2)15-7-16-11(8)19(3)6-10-17-18-12-13(21)14-4-5-20(10)12/h7H,4-6H2,1-3H3,(H,14,21). The number of aryl methyl sites for hydroxylation is 1. The Kier molecular flexibility index (Phi) is 3.28. The number of carbonyl (C=O) groups excluding carboxylic acids is 1. The quantitative estimate of drug-likeness (QED) is 0.859. The van der Waals surface area contributed by atoms with Crippen molar-refractivity contribution in [2.45, 2.75) is 26.9 Å². The number of anilines is 1. The SMILES string of the molecule is Cc1ncnc(N(C)Cc2nnc3n2CCNC3=O)c1C. The van der Waals surface area contributed by atoms with Gasteiger partial charge in [-0.25, -0.2) is 9.97 Å². The Morgan fingerprint density at radius 1 is 1.33 bits per heavy atom. The molecular formula is C13H17N7O. The van der Waals surface area contributed by atoms with Gasteiger partial charge in [0.05, 0.1) is 6.54 Å². The van der Waals surface area contributed by atoms with Crippen LogP contribution in [0.3, 0.4) is 0 Å². The van der Waals surface area contributed by atoms with Crippen LogP contribution in [0.1, 0.15) is 27.7 Å². The second-order valence-electron chi connectivity index (χ2n) is 5.11. The van der Waals surface area contributed by atoms with E-state index in [0.29, 0.717) is 25.5 Å². The number of nitrogens with zero attached hydrogens (tertiary/aromatic N) is 6. The molecule has 0 unspecified atom stereocenters. The van der Waals surface area contributed by atoms with Crippen LogP contribution in [0.5, 0.6) is 0 Å². The minimum Gasteiger partial charge on any atom is -0.352 e. The lowest BCUT2D eigenvalue weighted by atomic mass is 10.2. The zero-order valence-corrected chi connectivity index (χ0v) is 12.3. The molecule has 21 heavy (non-hydrogen) atoms. The van der Waals surface area contributed by atoms with Crippen molar-refractivity contribution in [3.63, 3.8) is 0 Å². The number of carbonyl (C=O) groups is 1. The molecule has 110 valence electrons. The summed E-state index contributed by atoms with van der Waals surface area (Å²) in [6, 6.07) is 0. The van der Waals surface area contributed by atoms with Crippen LogP contribution in [0.25, 0.3) is 0 Å². The van der Waals surface area contributed by atoms with Crippen molar-refractivity contribution in [1.29, 1.82) is 0 Å². The summed E-state index contributed by atoms with van der Waals surface area (Å²) in [6.45, 7) is 5.79. The van der Waals surface area contributed by atoms with Crippen LogP contribution in [-0.4, -0.2) is 44.2 Å². The van der Waals surface area contributed by atoms with Gasteiger partial charge in [0.1, 0.15) is 12.1 Å². The molecule has 2 aromatic rings. The highest BCUT2D eigenvalue weighted by Gasteiger charge is 2.23. The van der Waals surface area contributed by atoms with E-state index in [-0.39, 0.29) is 5.91 Å². The molecule has 0 saturated heterocycles. The first-order valence-electron chi connectivity index (χ1n) is 6.77. The summed E-state index contributed by atoms with van der Waals surface area (Å²) >= 11 is 0. The maximum atomic E-state index is 11.7. The first kappa shape index (κ1) is 13.5. The highest BCUT2D eigenvalue weighted by molar-refractivity contribution is 5.91. The van der Waals surface area contributed by atoms with E-state index in [1.165, 1.54) is 0 Å². The fraction of sp³-hybridized carbons (Fsp3) is 0.462. The minimum absolute atomic E-state index is 0.170. The molecule has 1 aliphatic heterocycles. The summed E-state index contributed by atoms with van der Waals surface area (Å²) in [7, 11) is 1.94. The third-order valence-electron chi connectivity index (χ3n) is 3.70. The molecule has 3 rings (SSSR count). The molecule has 8 heteroatoms. The summed E-state index contributed by atoms with van der Waals surface area (Å²) in [5.74, 6) is 1.83. The fourth-order valence-corrected chi connectivity index (χ4v) is 2.41. The van der Waals surface area contributed by atoms with E-state index in [9.17, 15) is 4.79 Å². The minimum atomic E-state index is -0.170. The Morgan fingerprint density at radius 3 is 2.95 bits per heavy atom. The lowest BCUT2D eigenvalue weighted by molar-refractivity contribution is 0.0921. The zero-order chi connectivity index (χ0) is 15.0. The molecule has 8 nitrogen and oxygen atoms in total. The predicted octanol–water partition coefficient (Wildman–Crippen LogP) is 0.0647. The van der Waals surface area contributed by atoms with Crippen LogP contribution in [0.4, 0.5) is 5.82 Å². The molecule has 0 radical (unpaired) electrons. The Labute approximate surface area is 122 Å². The summed E-state index contributed by atoms with van der Waals surface area (Å²) in [4.78, 5) is 22.2. The maximum absolute atomic E-state index is 11.7. The third-order valence-corrected chi connectivity index (χ3v) is 3.70. The van der Waals surface area contributed by atoms with Gasteiger partial charge in [0.25, 0.3) is 5.91 Å². The van der Waals surface area contributed by atoms with Crippen LogP contribution < -0.4 is 10.2 Å². The van der Waals surface area contributed by atoms with Gasteiger partial charge in [-0.3, -0.25) is 4.79 Å². The lowest BCUT2D eigenvalue weighted by Gasteiger charge is -2.21. The van der Waals surface area contributed by atoms with Gasteiger partial charge in [-0.05, 0) is 13.8 Å². The van der Waals surface area contributed by atoms with Gasteiger partial charge in [0.15, 0.2) is 5.82 Å². The van der Waals surface area contributed by atoms with Gasteiger partial charge < -0.3 is 14.8 Å². The normalized spacial score (nSPS) is 13.8. The van der Waals surface area contributed by atoms with Crippen LogP contribution in [-0.2, 0) is 13.1 Å². The molecule has 1 N–H and O–H groups in total. The predicted molar refractivity (Wildman–Crippen MR) is 76.0 cm³/mol. The van der Waals surface area contributed by atoms with Gasteiger partial charge in [0, 0.05) is 31.4 Å². The van der Waals surface area contributed by atoms with Gasteiger partial charge in [-0.2, -0.15) is 0 Å². The van der Waals surface area contributed by atoms with E-state index in [1.54, 1.807) is 6.33 Å². The molecule has 0 saturated carbocycles. The van der Waals surface area contributed by atoms with E-state index in [2.05, 4.69) is 25.5 Å². The average molecular weight is 287 g/mol. The zero-order valence-electron chi connectivity index (χ0n) is 12.3. The fourth-order valence-electron chi connectivity index (χ4n) is 2.41. The van der Waals surface area contributed by atoms with E-state index >= 15 is 0 Å². The number of hydrogen-bond acceptors (Lipinski definition) is 6. The molecule has 0 bridgehead atoms. The largest absolute Gasteiger partial charge is 0.352 e. The lowest BCUT2D eigenvalue weighted by Crippen LogP contribution is -2.36. The molecule has 3 heterocycles. The molecule has 0 spiro atoms. The monoisotopic (exact) mass is 287 g/mol. The Hall–Kier alpha value is -2.51. The van der Waals surface area contributed by atoms with Crippen molar-refractivity contribution in [3.05, 3.63) is 29.2 Å². The molecule has 0 aromatic carbocycles. The van der Waals surface area contributed by atoms with Crippen LogP contribution in [0.2, 0.25) is 0 Å². The Balaban J connectivity index is 1.87. The van der Waals surface area contributed by atoms with Crippen molar-refractivity contribution in [2.75, 3.05) is 18.5 Å². The maximum Gasteiger partial charge on any atom is 0.289 e. The highest BCUT2D eigenvalue weighted by Crippen LogP contribution is 2.19. The smallest absolute Gasteiger partial charge is 0.289 e. The van der Waals surface area contributed by atoms with Crippen molar-refractivity contribution in [2.24, 2.45) is 0 Å². The van der Waals surface area contributed by atoms with Crippen LogP contribution >= 0.6 is 0 Å². The summed E-state index contributed by atoms with van der Waals surface area (Å²) in [5.41, 5.74) is 1.99. The van der Waals surface area contributed by atoms with Crippen molar-refractivity contribution < 1.29 is 4.79 Å². The number of aromatic nitrogens is 5. The summed E-state index contributed by atoms with van der Waals surface area (Å²) in [6.07, 6.45) is 1.56. The van der Waals surface area contributed by atoms with E-state index in [0.717, 1.165) is 22.9 Å². The second-order valence-corrected chi connectivity index (χ2v) is 5.11. The Morgan fingerprint density at radius 2 is 2.14 bits per heavy atom. The summed E-state index contributed by atoms with van der Waals surface area (Å²) < 4.78 is 1.86. The van der Waals surface area contributed by atoms with Crippen LogP contribution in [0.15, 0.2) is 6.33 Å². The van der Waals surface area contributed by atoms with E-state index in [1.807, 2.05) is 30.4 Å². The second kappa shape index (κ2) is 5.12. The number of rotatable bonds is 3. The van der Waals surface area contributed by atoms with Crippen molar-refractivity contribution in [3.8, 4) is 0 Å². The van der Waals surface area contributed by atoms with Gasteiger partial charge in [0.2, 0.25) is 5.82 Å². The molecular weight excluding hydrogens is 270 g/mol. The average Bonchev–Trinajstić information content (AvgIpc) is 2.86. The van der Waals surface area contributed by atoms with Gasteiger partial charge in [-0.15, -0.1) is 10.2 Å². The topological polar surface area (TPSA) is 88.8 Å². The number of amides is 1. The van der Waals surface area contributed by atoms with Crippen molar-refractivity contribution >= 4 is 11.7 Å². The molecule has 1 aliphatic rings. The highest BCUT2D eigenvalue weighted by atomic mass is 16.2. The van der Waals surface area contributed by atoms with Crippen molar-refractivity contribution in [1.82, 2.24) is 30.0 Å². The van der Waals surface area contributed by atoms with E-state index < -0.39 is 0 Å². The van der Waals surface area contributed by atoms with Gasteiger partial charge >= 0.3 is 0 Å². The van der Waals surface area contributed by atoms with Crippen LogP contribution in [0, 0.1) is 13.8 Å². The van der Waals surface area contributed by atoms with E-state index in [4.69, 9.17) is 0 Å². The molecule has 0 atom stereocenters. The Bertz CT molecular complexity index is 694. The first-order valence-corrected chi connectivity index (χ1v) is 6.77.